The number of aliphatic hydroxyl groups is 1. The first-order valence-electron chi connectivity index (χ1n) is 8.36. The van der Waals surface area contributed by atoms with Gasteiger partial charge in [-0.2, -0.15) is 0 Å². The number of primary amides is 1. The van der Waals surface area contributed by atoms with Crippen molar-refractivity contribution >= 4 is 16.8 Å². The number of benzene rings is 2. The molecule has 0 unspecified atom stereocenters. The van der Waals surface area contributed by atoms with Crippen LogP contribution in [0.25, 0.3) is 10.9 Å². The molecule has 4 N–H and O–H groups in total. The van der Waals surface area contributed by atoms with Crippen molar-refractivity contribution in [2.24, 2.45) is 5.73 Å². The Kier molecular flexibility index (Phi) is 5.16. The SMILES string of the molecule is Cc1c(CN[C@@H](CO)c2ccccc2)c2ccccc2n1CC(N)=O. The van der Waals surface area contributed by atoms with Gasteiger partial charge in [0, 0.05) is 23.1 Å². The molecule has 1 atom stereocenters. The van der Waals surface area contributed by atoms with Crippen LogP contribution in [0.1, 0.15) is 22.9 Å². The van der Waals surface area contributed by atoms with Gasteiger partial charge >= 0.3 is 0 Å². The molecule has 0 aliphatic heterocycles. The van der Waals surface area contributed by atoms with E-state index in [1.165, 1.54) is 0 Å². The van der Waals surface area contributed by atoms with Crippen LogP contribution in [0.3, 0.4) is 0 Å². The van der Waals surface area contributed by atoms with Crippen LogP contribution in [0.2, 0.25) is 0 Å². The molecule has 0 aliphatic carbocycles. The van der Waals surface area contributed by atoms with Crippen molar-refractivity contribution in [2.75, 3.05) is 6.61 Å². The highest BCUT2D eigenvalue weighted by atomic mass is 16.3. The third kappa shape index (κ3) is 3.57. The van der Waals surface area contributed by atoms with Gasteiger partial charge in [-0.05, 0) is 24.1 Å². The second kappa shape index (κ2) is 7.51. The topological polar surface area (TPSA) is 80.3 Å². The van der Waals surface area contributed by atoms with Crippen molar-refractivity contribution in [3.05, 3.63) is 71.4 Å². The minimum Gasteiger partial charge on any atom is -0.394 e. The van der Waals surface area contributed by atoms with Crippen molar-refractivity contribution in [2.45, 2.75) is 26.1 Å². The van der Waals surface area contributed by atoms with E-state index >= 15 is 0 Å². The van der Waals surface area contributed by atoms with E-state index in [-0.39, 0.29) is 25.1 Å². The quantitative estimate of drug-likeness (QED) is 0.619. The van der Waals surface area contributed by atoms with E-state index in [0.29, 0.717) is 6.54 Å². The largest absolute Gasteiger partial charge is 0.394 e. The number of fused-ring (bicyclic) bond motifs is 1. The molecule has 3 rings (SSSR count). The summed E-state index contributed by atoms with van der Waals surface area (Å²) in [7, 11) is 0. The minimum absolute atomic E-state index is 0.0169. The van der Waals surface area contributed by atoms with Crippen molar-refractivity contribution in [3.8, 4) is 0 Å². The highest BCUT2D eigenvalue weighted by Crippen LogP contribution is 2.26. The predicted molar refractivity (Wildman–Crippen MR) is 99.0 cm³/mol. The van der Waals surface area contributed by atoms with Crippen LogP contribution in [0.5, 0.6) is 0 Å². The zero-order valence-corrected chi connectivity index (χ0v) is 14.3. The zero-order valence-electron chi connectivity index (χ0n) is 14.3. The number of carbonyl (C=O) groups is 1. The van der Waals surface area contributed by atoms with Gasteiger partial charge in [0.05, 0.1) is 12.6 Å². The number of hydrogen-bond acceptors (Lipinski definition) is 3. The Labute approximate surface area is 147 Å². The van der Waals surface area contributed by atoms with Crippen LogP contribution in [0.15, 0.2) is 54.6 Å². The Balaban J connectivity index is 1.91. The summed E-state index contributed by atoms with van der Waals surface area (Å²) in [5, 5.41) is 14.3. The van der Waals surface area contributed by atoms with Crippen LogP contribution >= 0.6 is 0 Å². The number of nitrogens with zero attached hydrogens (tertiary/aromatic N) is 1. The van der Waals surface area contributed by atoms with E-state index in [0.717, 1.165) is 27.7 Å². The molecule has 2 aromatic carbocycles. The summed E-state index contributed by atoms with van der Waals surface area (Å²) in [6.07, 6.45) is 0. The highest BCUT2D eigenvalue weighted by Gasteiger charge is 2.16. The lowest BCUT2D eigenvalue weighted by Gasteiger charge is -2.17. The van der Waals surface area contributed by atoms with E-state index in [1.54, 1.807) is 0 Å². The number of aromatic nitrogens is 1. The molecule has 5 nitrogen and oxygen atoms in total. The lowest BCUT2D eigenvalue weighted by molar-refractivity contribution is -0.118. The van der Waals surface area contributed by atoms with E-state index in [1.807, 2.05) is 66.1 Å². The number of carbonyl (C=O) groups excluding carboxylic acids is 1. The van der Waals surface area contributed by atoms with Crippen LogP contribution in [0.4, 0.5) is 0 Å². The van der Waals surface area contributed by atoms with E-state index in [4.69, 9.17) is 5.73 Å². The molecule has 25 heavy (non-hydrogen) atoms. The van der Waals surface area contributed by atoms with Gasteiger partial charge in [0.1, 0.15) is 6.54 Å². The molecule has 1 aromatic heterocycles. The summed E-state index contributed by atoms with van der Waals surface area (Å²) in [5.41, 5.74) is 9.57. The van der Waals surface area contributed by atoms with Gasteiger partial charge in [-0.3, -0.25) is 4.79 Å². The maximum absolute atomic E-state index is 11.4. The average molecular weight is 337 g/mol. The highest BCUT2D eigenvalue weighted by molar-refractivity contribution is 5.87. The van der Waals surface area contributed by atoms with Crippen molar-refractivity contribution in [3.63, 3.8) is 0 Å². The van der Waals surface area contributed by atoms with E-state index in [9.17, 15) is 9.90 Å². The molecule has 0 fully saturated rings. The molecule has 0 saturated heterocycles. The first-order valence-corrected chi connectivity index (χ1v) is 8.36. The number of hydrogen-bond donors (Lipinski definition) is 3. The number of para-hydroxylation sites is 1. The summed E-state index contributed by atoms with van der Waals surface area (Å²) in [4.78, 5) is 11.4. The molecule has 3 aromatic rings. The van der Waals surface area contributed by atoms with Crippen molar-refractivity contribution < 1.29 is 9.90 Å². The molecule has 1 amide bonds. The molecule has 0 spiro atoms. The molecule has 5 heteroatoms. The molecule has 1 heterocycles. The Morgan fingerprint density at radius 2 is 1.84 bits per heavy atom. The fraction of sp³-hybridized carbons (Fsp3) is 0.250. The molecular weight excluding hydrogens is 314 g/mol. The fourth-order valence-electron chi connectivity index (χ4n) is 3.28. The molecule has 0 radical (unpaired) electrons. The first kappa shape index (κ1) is 17.2. The smallest absolute Gasteiger partial charge is 0.237 e. The van der Waals surface area contributed by atoms with E-state index in [2.05, 4.69) is 5.32 Å². The van der Waals surface area contributed by atoms with Gasteiger partial charge in [-0.25, -0.2) is 0 Å². The first-order chi connectivity index (χ1) is 12.1. The van der Waals surface area contributed by atoms with Crippen molar-refractivity contribution in [1.29, 1.82) is 0 Å². The molecular formula is C20H23N3O2. The zero-order chi connectivity index (χ0) is 17.8. The number of aliphatic hydroxyl groups excluding tert-OH is 1. The Bertz CT molecular complexity index is 871. The fourth-order valence-corrected chi connectivity index (χ4v) is 3.28. The van der Waals surface area contributed by atoms with Crippen LogP contribution in [-0.2, 0) is 17.9 Å². The number of nitrogens with one attached hydrogen (secondary N) is 1. The molecule has 0 saturated carbocycles. The van der Waals surface area contributed by atoms with Gasteiger partial charge < -0.3 is 20.7 Å². The summed E-state index contributed by atoms with van der Waals surface area (Å²) >= 11 is 0. The second-order valence-electron chi connectivity index (χ2n) is 6.16. The Morgan fingerprint density at radius 1 is 1.16 bits per heavy atom. The summed E-state index contributed by atoms with van der Waals surface area (Å²) in [5.74, 6) is -0.360. The van der Waals surface area contributed by atoms with Gasteiger partial charge in [-0.1, -0.05) is 48.5 Å². The predicted octanol–water partition coefficient (Wildman–Crippen LogP) is 2.26. The monoisotopic (exact) mass is 337 g/mol. The van der Waals surface area contributed by atoms with Crippen LogP contribution < -0.4 is 11.1 Å². The van der Waals surface area contributed by atoms with Gasteiger partial charge in [0.2, 0.25) is 5.91 Å². The third-order valence-corrected chi connectivity index (χ3v) is 4.59. The minimum atomic E-state index is -0.360. The summed E-state index contributed by atoms with van der Waals surface area (Å²) in [6.45, 7) is 2.77. The molecule has 0 bridgehead atoms. The Hall–Kier alpha value is -2.63. The molecule has 0 aliphatic rings. The number of amides is 1. The van der Waals surface area contributed by atoms with Crippen LogP contribution in [0, 0.1) is 6.92 Å². The average Bonchev–Trinajstić information content (AvgIpc) is 2.88. The normalized spacial score (nSPS) is 12.4. The maximum atomic E-state index is 11.4. The number of nitrogens with two attached hydrogens (primary N) is 1. The lowest BCUT2D eigenvalue weighted by Crippen LogP contribution is -2.24. The summed E-state index contributed by atoms with van der Waals surface area (Å²) < 4.78 is 1.95. The molecule has 130 valence electrons. The van der Waals surface area contributed by atoms with Gasteiger partial charge in [-0.15, -0.1) is 0 Å². The standard InChI is InChI=1S/C20H23N3O2/c1-14-17(11-22-18(13-24)15-7-3-2-4-8-15)16-9-5-6-10-19(16)23(14)12-20(21)25/h2-10,18,22,24H,11-13H2,1H3,(H2,21,25)/t18-/m0/s1. The van der Waals surface area contributed by atoms with Crippen LogP contribution in [-0.4, -0.2) is 22.2 Å². The third-order valence-electron chi connectivity index (χ3n) is 4.59. The maximum Gasteiger partial charge on any atom is 0.237 e. The van der Waals surface area contributed by atoms with E-state index < -0.39 is 0 Å². The second-order valence-corrected chi connectivity index (χ2v) is 6.16. The summed E-state index contributed by atoms with van der Waals surface area (Å²) in [6, 6.07) is 17.7. The van der Waals surface area contributed by atoms with Crippen molar-refractivity contribution in [1.82, 2.24) is 9.88 Å². The Morgan fingerprint density at radius 3 is 2.52 bits per heavy atom. The van der Waals surface area contributed by atoms with Gasteiger partial charge in [0.25, 0.3) is 0 Å². The number of rotatable bonds is 7. The van der Waals surface area contributed by atoms with Gasteiger partial charge in [0.15, 0.2) is 0 Å². The lowest BCUT2D eigenvalue weighted by atomic mass is 10.1.